The van der Waals surface area contributed by atoms with E-state index in [4.69, 9.17) is 5.26 Å². The smallest absolute Gasteiger partial charge is 0.256 e. The van der Waals surface area contributed by atoms with Crippen molar-refractivity contribution >= 4 is 0 Å². The van der Waals surface area contributed by atoms with E-state index in [0.29, 0.717) is 16.7 Å². The largest absolute Gasteiger partial charge is 0.321 e. The summed E-state index contributed by atoms with van der Waals surface area (Å²) in [5.74, 6) is 0. The summed E-state index contributed by atoms with van der Waals surface area (Å²) in [7, 11) is 0. The van der Waals surface area contributed by atoms with Crippen molar-refractivity contribution in [2.75, 3.05) is 0 Å². The highest BCUT2D eigenvalue weighted by molar-refractivity contribution is 5.71. The number of hydrogen-bond acceptors (Lipinski definition) is 2. The third-order valence-electron chi connectivity index (χ3n) is 3.33. The molecule has 21 heavy (non-hydrogen) atoms. The van der Waals surface area contributed by atoms with Crippen LogP contribution in [0.15, 0.2) is 71.5 Å². The van der Waals surface area contributed by atoms with Gasteiger partial charge in [0.1, 0.15) is 0 Å². The molecule has 0 unspecified atom stereocenters. The molecule has 0 spiro atoms. The van der Waals surface area contributed by atoms with Crippen LogP contribution in [0.5, 0.6) is 0 Å². The Morgan fingerprint density at radius 2 is 1.52 bits per heavy atom. The number of pyridine rings is 1. The first-order chi connectivity index (χ1) is 10.3. The van der Waals surface area contributed by atoms with Gasteiger partial charge in [0, 0.05) is 16.8 Å². The minimum Gasteiger partial charge on any atom is -0.321 e. The molecule has 0 aliphatic rings. The van der Waals surface area contributed by atoms with Crippen molar-refractivity contribution in [1.82, 2.24) is 4.98 Å². The fraction of sp³-hybridized carbons (Fsp3) is 0. The number of H-pyrrole nitrogens is 1. The maximum Gasteiger partial charge on any atom is 0.256 e. The van der Waals surface area contributed by atoms with Crippen LogP contribution in [0.25, 0.3) is 22.4 Å². The molecule has 0 saturated heterocycles. The van der Waals surface area contributed by atoms with Gasteiger partial charge in [0.15, 0.2) is 0 Å². The normalized spacial score (nSPS) is 10.0. The number of aromatic amines is 1. The van der Waals surface area contributed by atoms with E-state index in [2.05, 4.69) is 11.1 Å². The van der Waals surface area contributed by atoms with Crippen LogP contribution in [0.3, 0.4) is 0 Å². The minimum atomic E-state index is -0.195. The van der Waals surface area contributed by atoms with Gasteiger partial charge in [-0.3, -0.25) is 4.79 Å². The second-order valence-electron chi connectivity index (χ2n) is 4.64. The molecule has 0 atom stereocenters. The molecule has 0 aliphatic heterocycles. The predicted octanol–water partition coefficient (Wildman–Crippen LogP) is 3.58. The van der Waals surface area contributed by atoms with Crippen LogP contribution in [0, 0.1) is 11.3 Å². The molecule has 0 aliphatic carbocycles. The Morgan fingerprint density at radius 3 is 2.24 bits per heavy atom. The molecule has 0 bridgehead atoms. The molecule has 0 radical (unpaired) electrons. The fourth-order valence-electron chi connectivity index (χ4n) is 2.29. The monoisotopic (exact) mass is 272 g/mol. The third-order valence-corrected chi connectivity index (χ3v) is 3.33. The highest BCUT2D eigenvalue weighted by atomic mass is 16.1. The first-order valence-corrected chi connectivity index (χ1v) is 6.58. The van der Waals surface area contributed by atoms with E-state index >= 15 is 0 Å². The van der Waals surface area contributed by atoms with E-state index in [0.717, 1.165) is 11.3 Å². The van der Waals surface area contributed by atoms with E-state index in [1.54, 1.807) is 24.3 Å². The van der Waals surface area contributed by atoms with Gasteiger partial charge in [0.25, 0.3) is 5.56 Å². The lowest BCUT2D eigenvalue weighted by atomic mass is 10.0. The van der Waals surface area contributed by atoms with Crippen LogP contribution < -0.4 is 5.56 Å². The maximum atomic E-state index is 12.3. The maximum absolute atomic E-state index is 12.3. The molecule has 2 aromatic carbocycles. The molecule has 0 saturated carbocycles. The number of nitrogens with one attached hydrogen (secondary N) is 1. The summed E-state index contributed by atoms with van der Waals surface area (Å²) in [4.78, 5) is 15.2. The summed E-state index contributed by atoms with van der Waals surface area (Å²) in [6, 6.07) is 22.5. The van der Waals surface area contributed by atoms with Gasteiger partial charge in [0.05, 0.1) is 11.6 Å². The molecular formula is C18H12N2O. The van der Waals surface area contributed by atoms with E-state index < -0.39 is 0 Å². The zero-order valence-electron chi connectivity index (χ0n) is 11.2. The van der Waals surface area contributed by atoms with Crippen molar-refractivity contribution in [3.05, 3.63) is 82.6 Å². The van der Waals surface area contributed by atoms with Crippen LogP contribution in [-0.2, 0) is 0 Å². The van der Waals surface area contributed by atoms with Gasteiger partial charge in [-0.1, -0.05) is 48.5 Å². The van der Waals surface area contributed by atoms with Crippen LogP contribution in [-0.4, -0.2) is 4.98 Å². The summed E-state index contributed by atoms with van der Waals surface area (Å²) < 4.78 is 0. The van der Waals surface area contributed by atoms with E-state index in [-0.39, 0.29) is 5.56 Å². The van der Waals surface area contributed by atoms with Crippen LogP contribution >= 0.6 is 0 Å². The van der Waals surface area contributed by atoms with Crippen molar-refractivity contribution in [1.29, 1.82) is 5.26 Å². The molecule has 3 nitrogen and oxygen atoms in total. The first-order valence-electron chi connectivity index (χ1n) is 6.58. The molecule has 0 amide bonds. The lowest BCUT2D eigenvalue weighted by Gasteiger charge is -2.06. The Kier molecular flexibility index (Phi) is 3.36. The Hall–Kier alpha value is -3.12. The molecule has 1 aromatic heterocycles. The second kappa shape index (κ2) is 5.48. The summed E-state index contributed by atoms with van der Waals surface area (Å²) in [5, 5.41) is 9.14. The zero-order valence-corrected chi connectivity index (χ0v) is 11.2. The van der Waals surface area contributed by atoms with Crippen LogP contribution in [0.2, 0.25) is 0 Å². The van der Waals surface area contributed by atoms with Gasteiger partial charge >= 0.3 is 0 Å². The average Bonchev–Trinajstić information content (AvgIpc) is 2.55. The Bertz CT molecular complexity index is 873. The van der Waals surface area contributed by atoms with Crippen LogP contribution in [0.1, 0.15) is 5.56 Å². The van der Waals surface area contributed by atoms with E-state index in [1.165, 1.54) is 0 Å². The van der Waals surface area contributed by atoms with Gasteiger partial charge in [0.2, 0.25) is 0 Å². The molecule has 1 N–H and O–H groups in total. The molecular weight excluding hydrogens is 260 g/mol. The number of nitriles is 1. The standard InChI is InChI=1S/C18H12N2O/c19-12-14-8-4-5-9-15(14)16-10-11-17(20-18(16)21)13-6-2-1-3-7-13/h1-11H,(H,20,21). The highest BCUT2D eigenvalue weighted by Crippen LogP contribution is 2.22. The van der Waals surface area contributed by atoms with Gasteiger partial charge in [-0.2, -0.15) is 5.26 Å². The number of nitrogens with zero attached hydrogens (tertiary/aromatic N) is 1. The quantitative estimate of drug-likeness (QED) is 0.775. The fourth-order valence-corrected chi connectivity index (χ4v) is 2.29. The van der Waals surface area contributed by atoms with Gasteiger partial charge in [-0.05, 0) is 23.8 Å². The summed E-state index contributed by atoms with van der Waals surface area (Å²) in [6.45, 7) is 0. The second-order valence-corrected chi connectivity index (χ2v) is 4.64. The average molecular weight is 272 g/mol. The van der Waals surface area contributed by atoms with Crippen molar-refractivity contribution in [2.45, 2.75) is 0 Å². The summed E-state index contributed by atoms with van der Waals surface area (Å²) in [6.07, 6.45) is 0. The Morgan fingerprint density at radius 1 is 0.810 bits per heavy atom. The molecule has 3 rings (SSSR count). The van der Waals surface area contributed by atoms with Crippen molar-refractivity contribution in [3.63, 3.8) is 0 Å². The molecule has 3 aromatic rings. The minimum absolute atomic E-state index is 0.195. The van der Waals surface area contributed by atoms with Crippen LogP contribution in [0.4, 0.5) is 0 Å². The van der Waals surface area contributed by atoms with Crippen molar-refractivity contribution in [3.8, 4) is 28.5 Å². The number of hydrogen-bond donors (Lipinski definition) is 1. The van der Waals surface area contributed by atoms with Crippen molar-refractivity contribution < 1.29 is 0 Å². The number of benzene rings is 2. The Labute approximate surface area is 122 Å². The Balaban J connectivity index is 2.12. The first kappa shape index (κ1) is 12.9. The topological polar surface area (TPSA) is 56.6 Å². The van der Waals surface area contributed by atoms with Gasteiger partial charge in [-0.15, -0.1) is 0 Å². The van der Waals surface area contributed by atoms with Gasteiger partial charge < -0.3 is 4.98 Å². The van der Waals surface area contributed by atoms with E-state index in [1.807, 2.05) is 42.5 Å². The summed E-state index contributed by atoms with van der Waals surface area (Å²) >= 11 is 0. The lowest BCUT2D eigenvalue weighted by Crippen LogP contribution is -2.10. The third kappa shape index (κ3) is 2.47. The highest BCUT2D eigenvalue weighted by Gasteiger charge is 2.09. The number of aromatic nitrogens is 1. The molecule has 3 heteroatoms. The zero-order chi connectivity index (χ0) is 14.7. The van der Waals surface area contributed by atoms with Gasteiger partial charge in [-0.25, -0.2) is 0 Å². The molecule has 1 heterocycles. The summed E-state index contributed by atoms with van der Waals surface area (Å²) in [5.41, 5.74) is 3.18. The van der Waals surface area contributed by atoms with E-state index in [9.17, 15) is 4.79 Å². The SMILES string of the molecule is N#Cc1ccccc1-c1ccc(-c2ccccc2)[nH]c1=O. The predicted molar refractivity (Wildman–Crippen MR) is 82.6 cm³/mol. The number of rotatable bonds is 2. The molecule has 0 fully saturated rings. The van der Waals surface area contributed by atoms with Crippen molar-refractivity contribution in [2.24, 2.45) is 0 Å². The molecule has 100 valence electrons. The lowest BCUT2D eigenvalue weighted by molar-refractivity contribution is 1.24.